The van der Waals surface area contributed by atoms with E-state index in [9.17, 15) is 4.39 Å². The maximum Gasteiger partial charge on any atom is 0.222 e. The van der Waals surface area contributed by atoms with E-state index in [0.717, 1.165) is 19.2 Å². The predicted octanol–water partition coefficient (Wildman–Crippen LogP) is 0.950. The molecule has 1 aromatic rings. The van der Waals surface area contributed by atoms with Gasteiger partial charge in [0.2, 0.25) is 5.95 Å². The van der Waals surface area contributed by atoms with Crippen LogP contribution < -0.4 is 11.1 Å². The van der Waals surface area contributed by atoms with E-state index >= 15 is 0 Å². The molecule has 1 atom stereocenters. The van der Waals surface area contributed by atoms with Gasteiger partial charge in [-0.3, -0.25) is 0 Å². The highest BCUT2D eigenvalue weighted by atomic mass is 19.1. The molecule has 1 aromatic heterocycles. The molecule has 0 spiro atoms. The molecule has 0 radical (unpaired) electrons. The Kier molecular flexibility index (Phi) is 4.42. The number of nitrogens with one attached hydrogen (secondary N) is 1. The minimum atomic E-state index is -0.481. The van der Waals surface area contributed by atoms with Gasteiger partial charge in [0.1, 0.15) is 0 Å². The fourth-order valence-electron chi connectivity index (χ4n) is 1.24. The maximum absolute atomic E-state index is 13.3. The average Bonchev–Trinajstić information content (AvgIpc) is 2.20. The number of nitrogen functional groups attached to an aromatic ring is 1. The summed E-state index contributed by atoms with van der Waals surface area (Å²) >= 11 is 0. The molecule has 6 heteroatoms. The Balaban J connectivity index is 2.55. The van der Waals surface area contributed by atoms with Crippen LogP contribution in [0.25, 0.3) is 0 Å². The Hall–Kier alpha value is -1.43. The maximum atomic E-state index is 13.3. The first kappa shape index (κ1) is 12.6. The summed E-state index contributed by atoms with van der Waals surface area (Å²) in [5.74, 6) is -0.242. The first-order valence-electron chi connectivity index (χ1n) is 5.18. The molecule has 0 aliphatic carbocycles. The van der Waals surface area contributed by atoms with Gasteiger partial charge in [-0.1, -0.05) is 0 Å². The zero-order valence-corrected chi connectivity index (χ0v) is 9.87. The molecule has 0 amide bonds. The molecule has 0 bridgehead atoms. The number of hydrogen-bond acceptors (Lipinski definition) is 5. The quantitative estimate of drug-likeness (QED) is 0.784. The third-order valence-electron chi connectivity index (χ3n) is 2.16. The summed E-state index contributed by atoms with van der Waals surface area (Å²) in [6.07, 6.45) is 1.97. The highest BCUT2D eigenvalue weighted by Crippen LogP contribution is 2.12. The topological polar surface area (TPSA) is 67.1 Å². The molecule has 16 heavy (non-hydrogen) atoms. The molecule has 1 heterocycles. The largest absolute Gasteiger partial charge is 0.368 e. The normalized spacial score (nSPS) is 12.8. The molecular weight excluding hydrogens is 209 g/mol. The van der Waals surface area contributed by atoms with Crippen LogP contribution in [0.2, 0.25) is 0 Å². The highest BCUT2D eigenvalue weighted by molar-refractivity contribution is 5.39. The average molecular weight is 227 g/mol. The van der Waals surface area contributed by atoms with Crippen molar-refractivity contribution in [2.75, 3.05) is 31.7 Å². The van der Waals surface area contributed by atoms with Crippen LogP contribution >= 0.6 is 0 Å². The molecule has 0 aliphatic rings. The Morgan fingerprint density at radius 3 is 2.88 bits per heavy atom. The van der Waals surface area contributed by atoms with E-state index < -0.39 is 5.82 Å². The predicted molar refractivity (Wildman–Crippen MR) is 62.7 cm³/mol. The van der Waals surface area contributed by atoms with Crippen molar-refractivity contribution in [1.29, 1.82) is 0 Å². The minimum absolute atomic E-state index is 0.0729. The van der Waals surface area contributed by atoms with Gasteiger partial charge in [-0.15, -0.1) is 0 Å². The second-order valence-corrected chi connectivity index (χ2v) is 4.06. The lowest BCUT2D eigenvalue weighted by atomic mass is 10.2. The second-order valence-electron chi connectivity index (χ2n) is 4.06. The summed E-state index contributed by atoms with van der Waals surface area (Å²) in [4.78, 5) is 9.44. The third kappa shape index (κ3) is 3.98. The lowest BCUT2D eigenvalue weighted by Crippen LogP contribution is -2.24. The Labute approximate surface area is 94.9 Å². The van der Waals surface area contributed by atoms with Crippen LogP contribution in [0.3, 0.4) is 0 Å². The number of anilines is 2. The van der Waals surface area contributed by atoms with Crippen LogP contribution in [-0.4, -0.2) is 41.5 Å². The van der Waals surface area contributed by atoms with E-state index in [-0.39, 0.29) is 17.8 Å². The van der Waals surface area contributed by atoms with Gasteiger partial charge < -0.3 is 16.0 Å². The zero-order chi connectivity index (χ0) is 12.1. The number of aromatic nitrogens is 2. The molecule has 0 saturated heterocycles. The van der Waals surface area contributed by atoms with Crippen LogP contribution in [-0.2, 0) is 0 Å². The van der Waals surface area contributed by atoms with E-state index in [1.54, 1.807) is 0 Å². The fourth-order valence-corrected chi connectivity index (χ4v) is 1.24. The van der Waals surface area contributed by atoms with E-state index in [1.807, 2.05) is 21.0 Å². The van der Waals surface area contributed by atoms with Gasteiger partial charge in [-0.05, 0) is 34.0 Å². The van der Waals surface area contributed by atoms with Crippen molar-refractivity contribution in [3.8, 4) is 0 Å². The lowest BCUT2D eigenvalue weighted by Gasteiger charge is -2.17. The van der Waals surface area contributed by atoms with E-state index in [2.05, 4.69) is 20.2 Å². The molecule has 0 fully saturated rings. The molecule has 0 saturated carbocycles. The van der Waals surface area contributed by atoms with Crippen LogP contribution in [0.4, 0.5) is 16.2 Å². The Morgan fingerprint density at radius 2 is 2.25 bits per heavy atom. The second kappa shape index (κ2) is 5.60. The first-order chi connectivity index (χ1) is 7.49. The number of nitrogens with zero attached hydrogens (tertiary/aromatic N) is 3. The summed E-state index contributed by atoms with van der Waals surface area (Å²) in [5.41, 5.74) is 5.39. The summed E-state index contributed by atoms with van der Waals surface area (Å²) in [7, 11) is 3.99. The summed E-state index contributed by atoms with van der Waals surface area (Å²) in [6.45, 7) is 2.90. The highest BCUT2D eigenvalue weighted by Gasteiger charge is 2.09. The van der Waals surface area contributed by atoms with Gasteiger partial charge >= 0.3 is 0 Å². The van der Waals surface area contributed by atoms with E-state index in [4.69, 9.17) is 5.73 Å². The number of hydrogen-bond donors (Lipinski definition) is 2. The molecule has 1 unspecified atom stereocenters. The SMILES string of the molecule is CC(CCN(C)C)Nc1nc(N)ncc1F. The van der Waals surface area contributed by atoms with Crippen molar-refractivity contribution < 1.29 is 4.39 Å². The Bertz CT molecular complexity index is 342. The van der Waals surface area contributed by atoms with Crippen molar-refractivity contribution in [2.45, 2.75) is 19.4 Å². The van der Waals surface area contributed by atoms with Gasteiger partial charge in [0, 0.05) is 6.04 Å². The number of nitrogens with two attached hydrogens (primary N) is 1. The van der Waals surface area contributed by atoms with Crippen molar-refractivity contribution in [3.05, 3.63) is 12.0 Å². The van der Waals surface area contributed by atoms with Crippen molar-refractivity contribution in [2.24, 2.45) is 0 Å². The molecule has 0 aromatic carbocycles. The van der Waals surface area contributed by atoms with Crippen LogP contribution in [0.15, 0.2) is 6.20 Å². The number of halogens is 1. The third-order valence-corrected chi connectivity index (χ3v) is 2.16. The fraction of sp³-hybridized carbons (Fsp3) is 0.600. The first-order valence-corrected chi connectivity index (χ1v) is 5.18. The lowest BCUT2D eigenvalue weighted by molar-refractivity contribution is 0.390. The monoisotopic (exact) mass is 227 g/mol. The van der Waals surface area contributed by atoms with Crippen LogP contribution in [0.5, 0.6) is 0 Å². The van der Waals surface area contributed by atoms with Crippen molar-refractivity contribution in [3.63, 3.8) is 0 Å². The van der Waals surface area contributed by atoms with Gasteiger partial charge in [0.05, 0.1) is 6.20 Å². The van der Waals surface area contributed by atoms with Crippen LogP contribution in [0, 0.1) is 5.82 Å². The van der Waals surface area contributed by atoms with Crippen LogP contribution in [0.1, 0.15) is 13.3 Å². The van der Waals surface area contributed by atoms with Gasteiger partial charge in [-0.2, -0.15) is 4.98 Å². The minimum Gasteiger partial charge on any atom is -0.368 e. The molecule has 0 aliphatic heterocycles. The van der Waals surface area contributed by atoms with Crippen molar-refractivity contribution in [1.82, 2.24) is 14.9 Å². The molecule has 90 valence electrons. The molecular formula is C10H18FN5. The summed E-state index contributed by atoms with van der Waals surface area (Å²) < 4.78 is 13.3. The zero-order valence-electron chi connectivity index (χ0n) is 9.87. The van der Waals surface area contributed by atoms with E-state index in [0.29, 0.717) is 0 Å². The molecule has 1 rings (SSSR count). The molecule has 3 N–H and O–H groups in total. The summed E-state index contributed by atoms with van der Waals surface area (Å²) in [5, 5.41) is 2.97. The molecule has 5 nitrogen and oxygen atoms in total. The van der Waals surface area contributed by atoms with Gasteiger partial charge in [0.25, 0.3) is 0 Å². The van der Waals surface area contributed by atoms with Gasteiger partial charge in [-0.25, -0.2) is 9.37 Å². The standard InChI is InChI=1S/C10H18FN5/c1-7(4-5-16(2)3)14-9-8(11)6-13-10(12)15-9/h6-7H,4-5H2,1-3H3,(H3,12,13,14,15). The van der Waals surface area contributed by atoms with Crippen molar-refractivity contribution >= 4 is 11.8 Å². The van der Waals surface area contributed by atoms with E-state index in [1.165, 1.54) is 0 Å². The number of rotatable bonds is 5. The summed E-state index contributed by atoms with van der Waals surface area (Å²) in [6, 6.07) is 0.131. The van der Waals surface area contributed by atoms with Gasteiger partial charge in [0.15, 0.2) is 11.6 Å². The Morgan fingerprint density at radius 1 is 1.56 bits per heavy atom. The smallest absolute Gasteiger partial charge is 0.222 e.